The molecule has 0 fully saturated rings. The minimum Gasteiger partial charge on any atom is -0.481 e. The van der Waals surface area contributed by atoms with Gasteiger partial charge in [0.25, 0.3) is 5.91 Å². The number of carboxylic acid groups (broad SMARTS) is 1. The number of carbonyl (C=O) groups excluding carboxylic acids is 1. The van der Waals surface area contributed by atoms with E-state index in [0.717, 1.165) is 11.4 Å². The first-order chi connectivity index (χ1) is 11.5. The van der Waals surface area contributed by atoms with Crippen LogP contribution >= 0.6 is 0 Å². The molecular weight excluding hydrogens is 308 g/mol. The molecule has 0 radical (unpaired) electrons. The maximum atomic E-state index is 12.0. The van der Waals surface area contributed by atoms with E-state index in [1.54, 1.807) is 42.5 Å². The summed E-state index contributed by atoms with van der Waals surface area (Å²) in [4.78, 5) is 22.4. The molecule has 0 spiro atoms. The van der Waals surface area contributed by atoms with Crippen molar-refractivity contribution >= 4 is 29.1 Å². The lowest BCUT2D eigenvalue weighted by molar-refractivity contribution is -0.136. The van der Waals surface area contributed by atoms with Crippen LogP contribution in [-0.4, -0.2) is 29.4 Å². The highest BCUT2D eigenvalue weighted by molar-refractivity contribution is 5.96. The zero-order chi connectivity index (χ0) is 17.5. The zero-order valence-corrected chi connectivity index (χ0v) is 12.9. The molecule has 0 aliphatic rings. The van der Waals surface area contributed by atoms with Gasteiger partial charge in [0.2, 0.25) is 0 Å². The topological polar surface area (TPSA) is 128 Å². The van der Waals surface area contributed by atoms with Crippen LogP contribution < -0.4 is 16.4 Å². The number of benzene rings is 2. The first-order valence-corrected chi connectivity index (χ1v) is 7.27. The number of nitrogen functional groups attached to an aromatic ring is 1. The van der Waals surface area contributed by atoms with Gasteiger partial charge in [0.1, 0.15) is 5.84 Å². The van der Waals surface area contributed by atoms with E-state index >= 15 is 0 Å². The molecule has 0 aromatic heterocycles. The van der Waals surface area contributed by atoms with Crippen molar-refractivity contribution in [3.05, 3.63) is 59.7 Å². The molecule has 0 aliphatic heterocycles. The number of aliphatic carboxylic acids is 1. The van der Waals surface area contributed by atoms with Crippen LogP contribution in [0.4, 0.5) is 11.4 Å². The highest BCUT2D eigenvalue weighted by Crippen LogP contribution is 2.18. The summed E-state index contributed by atoms with van der Waals surface area (Å²) >= 11 is 0. The van der Waals surface area contributed by atoms with Gasteiger partial charge in [0.15, 0.2) is 0 Å². The summed E-state index contributed by atoms with van der Waals surface area (Å²) in [6.07, 6.45) is -0.119. The molecular formula is C17H18N4O3. The maximum absolute atomic E-state index is 12.0. The van der Waals surface area contributed by atoms with E-state index in [9.17, 15) is 9.59 Å². The van der Waals surface area contributed by atoms with Crippen molar-refractivity contribution in [1.82, 2.24) is 5.32 Å². The van der Waals surface area contributed by atoms with Gasteiger partial charge in [-0.2, -0.15) is 0 Å². The fraction of sp³-hybridized carbons (Fsp3) is 0.118. The third kappa shape index (κ3) is 4.84. The first-order valence-electron chi connectivity index (χ1n) is 7.27. The van der Waals surface area contributed by atoms with Gasteiger partial charge in [-0.25, -0.2) is 0 Å². The molecule has 0 heterocycles. The normalized spacial score (nSPS) is 10.0. The molecule has 124 valence electrons. The van der Waals surface area contributed by atoms with Crippen LogP contribution in [0, 0.1) is 5.41 Å². The Morgan fingerprint density at radius 3 is 2.38 bits per heavy atom. The van der Waals surface area contributed by atoms with Crippen molar-refractivity contribution in [2.24, 2.45) is 5.73 Å². The summed E-state index contributed by atoms with van der Waals surface area (Å²) in [6.45, 7) is 0.0817. The molecule has 6 N–H and O–H groups in total. The number of carbonyl (C=O) groups is 2. The average Bonchev–Trinajstić information content (AvgIpc) is 2.55. The predicted molar refractivity (Wildman–Crippen MR) is 91.8 cm³/mol. The molecule has 2 aromatic carbocycles. The van der Waals surface area contributed by atoms with Crippen LogP contribution in [0.25, 0.3) is 0 Å². The second kappa shape index (κ2) is 7.77. The van der Waals surface area contributed by atoms with Gasteiger partial charge in [-0.05, 0) is 42.5 Å². The number of nitrogens with two attached hydrogens (primary N) is 1. The summed E-state index contributed by atoms with van der Waals surface area (Å²) in [5.41, 5.74) is 7.99. The van der Waals surface area contributed by atoms with Crippen LogP contribution in [0.1, 0.15) is 22.3 Å². The van der Waals surface area contributed by atoms with Crippen molar-refractivity contribution in [1.29, 1.82) is 5.41 Å². The number of carboxylic acids is 1. The lowest BCUT2D eigenvalue weighted by Gasteiger charge is -2.09. The van der Waals surface area contributed by atoms with Gasteiger partial charge >= 0.3 is 5.97 Å². The molecule has 24 heavy (non-hydrogen) atoms. The molecule has 0 unspecified atom stereocenters. The molecule has 7 nitrogen and oxygen atoms in total. The predicted octanol–water partition coefficient (Wildman–Crippen LogP) is 1.92. The highest BCUT2D eigenvalue weighted by Gasteiger charge is 2.07. The number of hydrogen-bond acceptors (Lipinski definition) is 4. The van der Waals surface area contributed by atoms with E-state index in [-0.39, 0.29) is 24.7 Å². The fourth-order valence-electron chi connectivity index (χ4n) is 2.02. The lowest BCUT2D eigenvalue weighted by atomic mass is 10.1. The van der Waals surface area contributed by atoms with Crippen molar-refractivity contribution in [2.75, 3.05) is 11.9 Å². The third-order valence-electron chi connectivity index (χ3n) is 3.23. The molecule has 7 heteroatoms. The number of nitrogens with one attached hydrogen (secondary N) is 3. The van der Waals surface area contributed by atoms with Gasteiger partial charge in [0, 0.05) is 29.0 Å². The van der Waals surface area contributed by atoms with Crippen LogP contribution in [0.2, 0.25) is 0 Å². The largest absolute Gasteiger partial charge is 0.481 e. The van der Waals surface area contributed by atoms with Crippen LogP contribution in [-0.2, 0) is 4.79 Å². The van der Waals surface area contributed by atoms with Crippen molar-refractivity contribution in [2.45, 2.75) is 6.42 Å². The maximum Gasteiger partial charge on any atom is 0.305 e. The van der Waals surface area contributed by atoms with Crippen molar-refractivity contribution in [3.63, 3.8) is 0 Å². The van der Waals surface area contributed by atoms with Crippen LogP contribution in [0.3, 0.4) is 0 Å². The summed E-state index contributed by atoms with van der Waals surface area (Å²) in [5.74, 6) is -1.28. The molecule has 1 amide bonds. The Balaban J connectivity index is 2.03. The minimum absolute atomic E-state index is 0.00146. The van der Waals surface area contributed by atoms with E-state index in [1.807, 2.05) is 6.07 Å². The van der Waals surface area contributed by atoms with E-state index in [1.165, 1.54) is 0 Å². The van der Waals surface area contributed by atoms with E-state index in [4.69, 9.17) is 16.2 Å². The number of hydrogen-bond donors (Lipinski definition) is 5. The Bertz CT molecular complexity index is 757. The smallest absolute Gasteiger partial charge is 0.305 e. The monoisotopic (exact) mass is 326 g/mol. The summed E-state index contributed by atoms with van der Waals surface area (Å²) < 4.78 is 0. The zero-order valence-electron chi connectivity index (χ0n) is 12.9. The third-order valence-corrected chi connectivity index (χ3v) is 3.23. The molecule has 0 saturated carbocycles. The van der Waals surface area contributed by atoms with Crippen molar-refractivity contribution < 1.29 is 14.7 Å². The Morgan fingerprint density at radius 2 is 1.75 bits per heavy atom. The number of anilines is 2. The Kier molecular flexibility index (Phi) is 5.51. The second-order valence-corrected chi connectivity index (χ2v) is 5.10. The Hall–Kier alpha value is -3.35. The van der Waals surface area contributed by atoms with Gasteiger partial charge in [0.05, 0.1) is 6.42 Å². The number of amidine groups is 1. The van der Waals surface area contributed by atoms with E-state index < -0.39 is 5.97 Å². The molecule has 2 rings (SSSR count). The molecule has 0 atom stereocenters. The number of rotatable bonds is 7. The Labute approximate surface area is 139 Å². The van der Waals surface area contributed by atoms with E-state index in [0.29, 0.717) is 11.1 Å². The van der Waals surface area contributed by atoms with E-state index in [2.05, 4.69) is 10.6 Å². The van der Waals surface area contributed by atoms with Crippen LogP contribution in [0.15, 0.2) is 48.5 Å². The molecule has 0 bridgehead atoms. The molecule has 2 aromatic rings. The van der Waals surface area contributed by atoms with Gasteiger partial charge in [-0.15, -0.1) is 0 Å². The summed E-state index contributed by atoms with van der Waals surface area (Å²) in [6, 6.07) is 13.9. The molecule has 0 saturated heterocycles. The fourth-order valence-corrected chi connectivity index (χ4v) is 2.02. The lowest BCUT2D eigenvalue weighted by Crippen LogP contribution is -2.25. The Morgan fingerprint density at radius 1 is 1.04 bits per heavy atom. The summed E-state index contributed by atoms with van der Waals surface area (Å²) in [5, 5.41) is 21.6. The van der Waals surface area contributed by atoms with Crippen molar-refractivity contribution in [3.8, 4) is 0 Å². The highest BCUT2D eigenvalue weighted by atomic mass is 16.4. The van der Waals surface area contributed by atoms with Gasteiger partial charge in [-0.1, -0.05) is 6.07 Å². The quantitative estimate of drug-likeness (QED) is 0.392. The average molecular weight is 326 g/mol. The van der Waals surface area contributed by atoms with Gasteiger partial charge in [-0.3, -0.25) is 15.0 Å². The summed E-state index contributed by atoms with van der Waals surface area (Å²) in [7, 11) is 0. The standard InChI is InChI=1S/C17H18N4O3/c18-16(19)11-4-6-13(7-5-11)21-14-3-1-2-12(10-14)17(24)20-9-8-15(22)23/h1-7,10,21H,8-9H2,(H3,18,19)(H,20,24)(H,22,23). The minimum atomic E-state index is -0.959. The van der Waals surface area contributed by atoms with Crippen LogP contribution in [0.5, 0.6) is 0 Å². The van der Waals surface area contributed by atoms with Gasteiger partial charge < -0.3 is 21.5 Å². The SMILES string of the molecule is N=C(N)c1ccc(Nc2cccc(C(=O)NCCC(=O)O)c2)cc1. The number of amides is 1. The molecule has 0 aliphatic carbocycles. The first kappa shape index (κ1) is 17.0. The second-order valence-electron chi connectivity index (χ2n) is 5.10.